The zero-order chi connectivity index (χ0) is 26.5. The molecule has 10 nitrogen and oxygen atoms in total. The van der Waals surface area contributed by atoms with Gasteiger partial charge in [0, 0.05) is 24.4 Å². The highest BCUT2D eigenvalue weighted by Crippen LogP contribution is 2.34. The van der Waals surface area contributed by atoms with Gasteiger partial charge >= 0.3 is 5.97 Å². The summed E-state index contributed by atoms with van der Waals surface area (Å²) in [5, 5.41) is 22.7. The van der Waals surface area contributed by atoms with Gasteiger partial charge in [0.2, 0.25) is 6.10 Å². The summed E-state index contributed by atoms with van der Waals surface area (Å²) in [4.78, 5) is 37.8. The lowest BCUT2D eigenvalue weighted by atomic mass is 10.1. The van der Waals surface area contributed by atoms with Crippen LogP contribution in [0.5, 0.6) is 0 Å². The highest BCUT2D eigenvalue weighted by Gasteiger charge is 2.28. The van der Waals surface area contributed by atoms with Gasteiger partial charge in [0.05, 0.1) is 15.4 Å². The molecule has 1 heterocycles. The van der Waals surface area contributed by atoms with E-state index in [9.17, 15) is 19.7 Å². The Labute approximate surface area is 216 Å². The molecule has 0 saturated heterocycles. The van der Waals surface area contributed by atoms with Crippen LogP contribution in [0.25, 0.3) is 0 Å². The second-order valence-electron chi connectivity index (χ2n) is 8.27. The number of anilines is 1. The average molecular weight is 518 g/mol. The van der Waals surface area contributed by atoms with Gasteiger partial charge < -0.3 is 14.6 Å². The molecule has 0 aliphatic rings. The fraction of sp³-hybridized carbons (Fsp3) is 0.154. The maximum Gasteiger partial charge on any atom is 0.339 e. The fourth-order valence-corrected chi connectivity index (χ4v) is 4.33. The van der Waals surface area contributed by atoms with Crippen LogP contribution in [0.2, 0.25) is 0 Å². The standard InChI is InChI=1S/C26H23N5O5S/c1-16-9-10-17(2)20(13-16)28-24(32)23(18-7-5-4-6-8-18)36-25(33)19-11-12-22(21(14-19)31(34)35)37-26-29-27-15-30(26)3/h4-15,23H,1-3H3,(H,28,32). The molecule has 188 valence electrons. The monoisotopic (exact) mass is 517 g/mol. The number of ether oxygens (including phenoxy) is 1. The smallest absolute Gasteiger partial charge is 0.339 e. The van der Waals surface area contributed by atoms with Gasteiger partial charge in [-0.25, -0.2) is 4.79 Å². The largest absolute Gasteiger partial charge is 0.444 e. The van der Waals surface area contributed by atoms with Gasteiger partial charge in [-0.3, -0.25) is 14.9 Å². The van der Waals surface area contributed by atoms with E-state index in [1.54, 1.807) is 41.9 Å². The molecule has 11 heteroatoms. The first kappa shape index (κ1) is 25.6. The Kier molecular flexibility index (Phi) is 7.63. The van der Waals surface area contributed by atoms with E-state index < -0.39 is 22.9 Å². The molecule has 0 fully saturated rings. The lowest BCUT2D eigenvalue weighted by Gasteiger charge is -2.19. The third-order valence-electron chi connectivity index (χ3n) is 5.48. The van der Waals surface area contributed by atoms with E-state index >= 15 is 0 Å². The number of aromatic nitrogens is 3. The predicted molar refractivity (Wildman–Crippen MR) is 137 cm³/mol. The maximum atomic E-state index is 13.3. The molecule has 0 saturated carbocycles. The lowest BCUT2D eigenvalue weighted by molar-refractivity contribution is -0.387. The molecule has 0 spiro atoms. The van der Waals surface area contributed by atoms with E-state index in [0.717, 1.165) is 29.0 Å². The molecule has 1 aromatic heterocycles. The first-order valence-corrected chi connectivity index (χ1v) is 12.0. The van der Waals surface area contributed by atoms with Crippen molar-refractivity contribution in [2.75, 3.05) is 5.32 Å². The minimum absolute atomic E-state index is 0.0607. The van der Waals surface area contributed by atoms with Crippen molar-refractivity contribution in [3.8, 4) is 0 Å². The second kappa shape index (κ2) is 11.0. The second-order valence-corrected chi connectivity index (χ2v) is 9.28. The van der Waals surface area contributed by atoms with Crippen molar-refractivity contribution < 1.29 is 19.2 Å². The van der Waals surface area contributed by atoms with Gasteiger partial charge in [-0.1, -0.05) is 42.5 Å². The number of aryl methyl sites for hydroxylation is 3. The molecule has 3 aromatic carbocycles. The molecule has 0 bridgehead atoms. The van der Waals surface area contributed by atoms with Gasteiger partial charge in [-0.15, -0.1) is 10.2 Å². The van der Waals surface area contributed by atoms with Crippen molar-refractivity contribution in [2.45, 2.75) is 30.0 Å². The van der Waals surface area contributed by atoms with Crippen LogP contribution in [0, 0.1) is 24.0 Å². The van der Waals surface area contributed by atoms with Crippen LogP contribution in [0.3, 0.4) is 0 Å². The van der Waals surface area contributed by atoms with Gasteiger partial charge in [0.25, 0.3) is 11.6 Å². The maximum absolute atomic E-state index is 13.3. The summed E-state index contributed by atoms with van der Waals surface area (Å²) in [7, 11) is 1.72. The zero-order valence-corrected chi connectivity index (χ0v) is 21.1. The number of amides is 1. The highest BCUT2D eigenvalue weighted by atomic mass is 32.2. The number of nitro benzene ring substituents is 1. The van der Waals surface area contributed by atoms with Crippen LogP contribution >= 0.6 is 11.8 Å². The van der Waals surface area contributed by atoms with E-state index in [4.69, 9.17) is 4.74 Å². The van der Waals surface area contributed by atoms with Crippen LogP contribution in [0.1, 0.15) is 33.2 Å². The topological polar surface area (TPSA) is 129 Å². The highest BCUT2D eigenvalue weighted by molar-refractivity contribution is 7.99. The molecule has 1 unspecified atom stereocenters. The van der Waals surface area contributed by atoms with E-state index in [2.05, 4.69) is 15.5 Å². The Hall–Kier alpha value is -4.51. The Morgan fingerprint density at radius 1 is 1.08 bits per heavy atom. The van der Waals surface area contributed by atoms with E-state index in [0.29, 0.717) is 16.4 Å². The molecular weight excluding hydrogens is 494 g/mol. The van der Waals surface area contributed by atoms with Crippen LogP contribution in [0.4, 0.5) is 11.4 Å². The number of carbonyl (C=O) groups is 2. The van der Waals surface area contributed by atoms with Crippen molar-refractivity contribution in [1.82, 2.24) is 14.8 Å². The Morgan fingerprint density at radius 2 is 1.84 bits per heavy atom. The van der Waals surface area contributed by atoms with E-state index in [-0.39, 0.29) is 16.1 Å². The molecule has 0 radical (unpaired) electrons. The van der Waals surface area contributed by atoms with Gasteiger partial charge in [-0.2, -0.15) is 0 Å². The summed E-state index contributed by atoms with van der Waals surface area (Å²) < 4.78 is 7.24. The molecule has 4 rings (SSSR count). The summed E-state index contributed by atoms with van der Waals surface area (Å²) in [5.74, 6) is -1.42. The van der Waals surface area contributed by atoms with Crippen molar-refractivity contribution in [3.63, 3.8) is 0 Å². The van der Waals surface area contributed by atoms with Crippen molar-refractivity contribution in [1.29, 1.82) is 0 Å². The van der Waals surface area contributed by atoms with Crippen LogP contribution in [0.15, 0.2) is 83.1 Å². The van der Waals surface area contributed by atoms with Gasteiger partial charge in [0.1, 0.15) is 6.33 Å². The molecule has 37 heavy (non-hydrogen) atoms. The molecule has 1 amide bonds. The molecule has 1 N–H and O–H groups in total. The first-order chi connectivity index (χ1) is 17.7. The van der Waals surface area contributed by atoms with Crippen LogP contribution < -0.4 is 5.32 Å². The number of nitrogens with zero attached hydrogens (tertiary/aromatic N) is 4. The summed E-state index contributed by atoms with van der Waals surface area (Å²) in [6.07, 6.45) is 0.202. The van der Waals surface area contributed by atoms with E-state index in [1.165, 1.54) is 18.5 Å². The fourth-order valence-electron chi connectivity index (χ4n) is 3.48. The third-order valence-corrected chi connectivity index (χ3v) is 6.60. The summed E-state index contributed by atoms with van der Waals surface area (Å²) >= 11 is 1.05. The van der Waals surface area contributed by atoms with Gasteiger partial charge in [-0.05, 0) is 54.9 Å². The number of nitrogens with one attached hydrogen (secondary N) is 1. The minimum atomic E-state index is -1.28. The summed E-state index contributed by atoms with van der Waals surface area (Å²) in [6, 6.07) is 18.2. The number of benzene rings is 3. The van der Waals surface area contributed by atoms with Crippen molar-refractivity contribution in [2.24, 2.45) is 7.05 Å². The Morgan fingerprint density at radius 3 is 2.51 bits per heavy atom. The lowest BCUT2D eigenvalue weighted by Crippen LogP contribution is -2.26. The average Bonchev–Trinajstić information content (AvgIpc) is 3.29. The quantitative estimate of drug-likeness (QED) is 0.196. The Bertz CT molecular complexity index is 1470. The number of rotatable bonds is 8. The van der Waals surface area contributed by atoms with Crippen molar-refractivity contribution in [3.05, 3.63) is 105 Å². The molecule has 1 atom stereocenters. The number of esters is 1. The van der Waals surface area contributed by atoms with Crippen LogP contribution in [-0.2, 0) is 16.6 Å². The summed E-state index contributed by atoms with van der Waals surface area (Å²) in [6.45, 7) is 3.77. The molecule has 0 aliphatic heterocycles. The number of hydrogen-bond acceptors (Lipinski definition) is 8. The molecule has 0 aliphatic carbocycles. The number of hydrogen-bond donors (Lipinski definition) is 1. The summed E-state index contributed by atoms with van der Waals surface area (Å²) in [5.41, 5.74) is 2.52. The zero-order valence-electron chi connectivity index (χ0n) is 20.2. The minimum Gasteiger partial charge on any atom is -0.444 e. The molecular formula is C26H23N5O5S. The normalized spacial score (nSPS) is 11.5. The van der Waals surface area contributed by atoms with Crippen LogP contribution in [-0.4, -0.2) is 31.6 Å². The van der Waals surface area contributed by atoms with E-state index in [1.807, 2.05) is 32.0 Å². The third kappa shape index (κ3) is 6.01. The Balaban J connectivity index is 1.61. The predicted octanol–water partition coefficient (Wildman–Crippen LogP) is 5.03. The van der Waals surface area contributed by atoms with Gasteiger partial charge in [0.15, 0.2) is 5.16 Å². The first-order valence-electron chi connectivity index (χ1n) is 11.2. The number of nitro groups is 1. The number of carbonyl (C=O) groups excluding carboxylic acids is 2. The molecule has 4 aromatic rings. The SMILES string of the molecule is Cc1ccc(C)c(NC(=O)C(OC(=O)c2ccc(Sc3nncn3C)c([N+](=O)[O-])c2)c2ccccc2)c1. The van der Waals surface area contributed by atoms with Crippen molar-refractivity contribution >= 4 is 35.0 Å².